The minimum Gasteiger partial charge on any atom is -0.870 e. The van der Waals surface area contributed by atoms with Gasteiger partial charge in [0.15, 0.2) is 0 Å². The number of hydrogen-bond donors (Lipinski definition) is 1. The van der Waals surface area contributed by atoms with Crippen LogP contribution in [0.25, 0.3) is 0 Å². The Balaban J connectivity index is -0.000000338. The van der Waals surface area contributed by atoms with E-state index in [4.69, 9.17) is 65.7 Å². The molecule has 0 aromatic carbocycles. The number of hydrogen-bond acceptors (Lipinski definition) is 13. The summed E-state index contributed by atoms with van der Waals surface area (Å²) in [6, 6.07) is 0. The third-order valence-corrected chi connectivity index (χ3v) is 103. The fourth-order valence-electron chi connectivity index (χ4n) is 3.37. The number of esters is 2. The Bertz CT molecular complexity index is 1670. The van der Waals surface area contributed by atoms with Gasteiger partial charge in [0.1, 0.15) is 10.7 Å². The number of aryl methyl sites for hydroxylation is 2. The van der Waals surface area contributed by atoms with E-state index in [-0.39, 0.29) is 117 Å². The Kier molecular flexibility index (Phi) is 48.0. The third-order valence-electron chi connectivity index (χ3n) is 5.86. The van der Waals surface area contributed by atoms with Crippen LogP contribution in [-0.2, 0) is 14.2 Å². The van der Waals surface area contributed by atoms with Gasteiger partial charge in [0.05, 0.1) is 35.7 Å². The number of carbonyl (C=O) groups excluding carboxylic acids is 2. The van der Waals surface area contributed by atoms with Crippen LogP contribution < -0.4 is 18.9 Å². The molecule has 4 rings (SSSR count). The molecule has 1 saturated heterocycles. The number of aromatic nitrogens is 6. The maximum atomic E-state index is 11.2. The number of ether oxygens (including phenoxy) is 3. The summed E-state index contributed by atoms with van der Waals surface area (Å²) in [6.45, 7) is 10.0. The van der Waals surface area contributed by atoms with E-state index in [1.165, 1.54) is 31.4 Å². The van der Waals surface area contributed by atoms with Crippen molar-refractivity contribution in [3.8, 4) is 0 Å². The van der Waals surface area contributed by atoms with Gasteiger partial charge in [0.25, 0.3) is 0 Å². The number of halogens is 4. The third kappa shape index (κ3) is 30.5. The molecule has 4 heterocycles. The van der Waals surface area contributed by atoms with Crippen LogP contribution in [0.3, 0.4) is 0 Å². The quantitative estimate of drug-likeness (QED) is 0.0618. The Morgan fingerprint density at radius 3 is 1.31 bits per heavy atom. The van der Waals surface area contributed by atoms with Crippen LogP contribution in [0.1, 0.15) is 69.2 Å². The van der Waals surface area contributed by atoms with Crippen molar-refractivity contribution in [3.63, 3.8) is 0 Å². The monoisotopic (exact) mass is 1220 g/mol. The molecule has 0 saturated carbocycles. The molecule has 1 aliphatic heterocycles. The van der Waals surface area contributed by atoms with E-state index < -0.39 is 17.9 Å². The maximum Gasteiger partial charge on any atom is 1.00 e. The Hall–Kier alpha value is 4.17. The van der Waals surface area contributed by atoms with Crippen LogP contribution in [0.4, 0.5) is 0 Å². The standard InChI is InChI=1S/C8H9ClN2O2.C7H6Cl2N2O2.C6H5ClN2O2.C4H8O.Li.2H2O.H18P16/c1-3-13-7(12)6-4-10-8(9)11-5(6)2;1-2-13-6(12)4-3-10-7(9)11-5(4)8;1-3-4(5(10)11)2-8-6(7)9-3;1-2-4-5-3-1;;;;1-10(2)14(9)16(13(7)8)15(11(3)4)12(5)6/h4H,3H2,1-2H3;3H,2H2,1H3;2H,1H3,(H,10,11);1-4H2;;2*1H2;1-9H2/q;;;;+1;;;/p-1. The summed E-state index contributed by atoms with van der Waals surface area (Å²) in [5, 5.41) is 8.72. The average molecular weight is 1220 g/mol. The molecule has 1 aliphatic rings. The number of carboxylic acid groups (broad SMARTS) is 1. The first-order valence-corrected chi connectivity index (χ1v) is 45.4. The van der Waals surface area contributed by atoms with Gasteiger partial charge in [0.2, 0.25) is 15.9 Å². The van der Waals surface area contributed by atoms with Gasteiger partial charge in [-0.3, -0.25) is 0 Å². The van der Waals surface area contributed by atoms with Crippen molar-refractivity contribution in [1.29, 1.82) is 0 Å². The molecule has 61 heavy (non-hydrogen) atoms. The minimum atomic E-state index is -1.04. The van der Waals surface area contributed by atoms with Gasteiger partial charge in [-0.05, 0) is 124 Å². The second kappa shape index (κ2) is 40.9. The van der Waals surface area contributed by atoms with Crippen molar-refractivity contribution in [2.24, 2.45) is 0 Å². The van der Waals surface area contributed by atoms with Gasteiger partial charge in [0, 0.05) is 31.8 Å². The molecule has 0 spiro atoms. The summed E-state index contributed by atoms with van der Waals surface area (Å²) < 4.78 is 14.4. The number of carbonyl (C=O) groups is 3. The summed E-state index contributed by atoms with van der Waals surface area (Å²) in [7, 11) is 27.8. The van der Waals surface area contributed by atoms with Crippen LogP contribution in [0.5, 0.6) is 0 Å². The van der Waals surface area contributed by atoms with Crippen molar-refractivity contribution in [2.45, 2.75) is 40.5 Å². The fourth-order valence-corrected chi connectivity index (χ4v) is 168. The van der Waals surface area contributed by atoms with E-state index in [1.807, 2.05) is 0 Å². The fraction of sp³-hybridized carbons (Fsp3) is 0.400. The van der Waals surface area contributed by atoms with E-state index in [0.29, 0.717) is 23.6 Å². The normalized spacial score (nSPS) is 12.3. The van der Waals surface area contributed by atoms with Gasteiger partial charge >= 0.3 is 36.8 Å². The maximum absolute atomic E-state index is 11.2. The summed E-state index contributed by atoms with van der Waals surface area (Å²) >= 11 is 22.0. The van der Waals surface area contributed by atoms with Crippen LogP contribution in [0.15, 0.2) is 18.6 Å². The number of nitrogens with zero attached hydrogens (tertiary/aromatic N) is 6. The molecular weight excluding hydrogens is 1170 g/mol. The van der Waals surface area contributed by atoms with Gasteiger partial charge in [-0.2, -0.15) is 0 Å². The van der Waals surface area contributed by atoms with Crippen molar-refractivity contribution in [2.75, 3.05) is 26.4 Å². The van der Waals surface area contributed by atoms with Gasteiger partial charge in [-0.15, -0.1) is 80.4 Å². The SMILES string of the molecule is C1CCOC1.CCOC(=O)c1cnc(Cl)nc1C.CCOC(=O)c1cnc(Cl)nc1Cl.Cc1nc(Cl)ncc1C(=O)O.O.PP(P)P(P)P(P(P)P)P(P(P)P)P(P)P.[Li+].[OH-]. The predicted molar refractivity (Wildman–Crippen MR) is 296 cm³/mol. The van der Waals surface area contributed by atoms with Crippen molar-refractivity contribution < 1.29 is 63.5 Å². The van der Waals surface area contributed by atoms with Crippen molar-refractivity contribution in [3.05, 3.63) is 67.7 Å². The molecule has 4 N–H and O–H groups in total. The molecule has 0 radical (unpaired) electrons. The Morgan fingerprint density at radius 1 is 0.656 bits per heavy atom. The Labute approximate surface area is 418 Å². The predicted octanol–water partition coefficient (Wildman–Crippen LogP) is 10.5. The molecule has 3 aromatic heterocycles. The van der Waals surface area contributed by atoms with Crippen LogP contribution in [0, 0.1) is 13.8 Å². The molecule has 11 unspecified atom stereocenters. The summed E-state index contributed by atoms with van der Waals surface area (Å²) in [5.41, 5.74) is 1.45. The van der Waals surface area contributed by atoms with E-state index in [9.17, 15) is 14.4 Å². The summed E-state index contributed by atoms with van der Waals surface area (Å²) in [5.74, 6) is -2.01. The minimum absolute atomic E-state index is 0. The molecule has 3 aromatic rings. The smallest absolute Gasteiger partial charge is 0.870 e. The zero-order chi connectivity index (χ0) is 44.7. The van der Waals surface area contributed by atoms with Gasteiger partial charge < -0.3 is 30.3 Å². The first kappa shape index (κ1) is 71.7. The number of aromatic carboxylic acids is 1. The van der Waals surface area contributed by atoms with Crippen LogP contribution >= 0.6 is 176 Å². The first-order chi connectivity index (χ1) is 27.1. The summed E-state index contributed by atoms with van der Waals surface area (Å²) in [6.07, 6.45) is 6.34. The molecule has 0 bridgehead atoms. The largest absolute Gasteiger partial charge is 1.00 e. The average Bonchev–Trinajstić information content (AvgIpc) is 3.71. The molecule has 342 valence electrons. The second-order valence-electron chi connectivity index (χ2n) is 10.1. The molecule has 0 aliphatic carbocycles. The van der Waals surface area contributed by atoms with E-state index in [0.717, 1.165) is 13.2 Å². The van der Waals surface area contributed by atoms with Gasteiger partial charge in [-0.25, -0.2) is 44.3 Å². The number of carboxylic acids is 1. The zero-order valence-corrected chi connectivity index (χ0v) is 53.0. The molecule has 0 amide bonds. The van der Waals surface area contributed by atoms with Gasteiger partial charge in [-0.1, -0.05) is 11.6 Å². The van der Waals surface area contributed by atoms with Crippen molar-refractivity contribution >= 4 is 194 Å². The van der Waals surface area contributed by atoms with Crippen LogP contribution in [-0.4, -0.2) is 90.3 Å². The van der Waals surface area contributed by atoms with E-state index in [2.05, 4.69) is 110 Å². The van der Waals surface area contributed by atoms with E-state index >= 15 is 0 Å². The van der Waals surface area contributed by atoms with Crippen LogP contribution in [0.2, 0.25) is 21.0 Å². The molecule has 36 heteroatoms. The number of rotatable bonds is 11. The molecule has 1 fully saturated rings. The molecular formula is C25H49Cl4LiN6O9P16. The zero-order valence-electron chi connectivity index (χ0n) is 33.3. The molecule has 15 nitrogen and oxygen atoms in total. The first-order valence-electron chi connectivity index (χ1n) is 15.7. The Morgan fingerprint density at radius 2 is 1.02 bits per heavy atom. The summed E-state index contributed by atoms with van der Waals surface area (Å²) in [4.78, 5) is 54.7. The topological polar surface area (TPSA) is 238 Å². The van der Waals surface area contributed by atoms with E-state index in [1.54, 1.807) is 27.7 Å². The second-order valence-corrected chi connectivity index (χ2v) is 73.2. The molecule has 11 atom stereocenters. The van der Waals surface area contributed by atoms with Crippen molar-refractivity contribution in [1.82, 2.24) is 29.9 Å².